The van der Waals surface area contributed by atoms with Crippen molar-refractivity contribution < 1.29 is 9.32 Å². The maximum Gasteiger partial charge on any atom is 0.249 e. The van der Waals surface area contributed by atoms with Crippen molar-refractivity contribution in [3.63, 3.8) is 0 Å². The maximum atomic E-state index is 12.3. The Hall–Kier alpha value is -2.67. The summed E-state index contributed by atoms with van der Waals surface area (Å²) in [6, 6.07) is 8.04. The molecule has 1 amide bonds. The van der Waals surface area contributed by atoms with Gasteiger partial charge in [-0.15, -0.1) is 0 Å². The van der Waals surface area contributed by atoms with Crippen molar-refractivity contribution in [3.8, 4) is 11.4 Å². The van der Waals surface area contributed by atoms with Gasteiger partial charge >= 0.3 is 0 Å². The molecule has 0 aliphatic rings. The summed E-state index contributed by atoms with van der Waals surface area (Å²) < 4.78 is 6.83. The van der Waals surface area contributed by atoms with Crippen molar-refractivity contribution in [2.75, 3.05) is 0 Å². The molecular formula is C16H16ClN5O2. The molecule has 2 aromatic heterocycles. The molecule has 0 aliphatic carbocycles. The highest BCUT2D eigenvalue weighted by Gasteiger charge is 2.21. The van der Waals surface area contributed by atoms with Gasteiger partial charge in [0, 0.05) is 23.0 Å². The minimum absolute atomic E-state index is 0.183. The fourth-order valence-corrected chi connectivity index (χ4v) is 2.28. The zero-order valence-corrected chi connectivity index (χ0v) is 13.9. The van der Waals surface area contributed by atoms with Gasteiger partial charge < -0.3 is 9.84 Å². The second kappa shape index (κ2) is 6.84. The van der Waals surface area contributed by atoms with Crippen molar-refractivity contribution in [1.82, 2.24) is 25.2 Å². The van der Waals surface area contributed by atoms with E-state index in [1.54, 1.807) is 61.3 Å². The average molecular weight is 346 g/mol. The van der Waals surface area contributed by atoms with Crippen LogP contribution in [0.2, 0.25) is 5.02 Å². The fraction of sp³-hybridized carbons (Fsp3) is 0.250. The first-order valence-electron chi connectivity index (χ1n) is 7.43. The van der Waals surface area contributed by atoms with Gasteiger partial charge in [0.15, 0.2) is 0 Å². The smallest absolute Gasteiger partial charge is 0.249 e. The molecule has 124 valence electrons. The summed E-state index contributed by atoms with van der Waals surface area (Å²) in [6.45, 7) is 3.55. The van der Waals surface area contributed by atoms with Gasteiger partial charge in [-0.3, -0.25) is 9.48 Å². The second-order valence-electron chi connectivity index (χ2n) is 5.36. The number of halogens is 1. The van der Waals surface area contributed by atoms with E-state index in [0.717, 1.165) is 5.56 Å². The van der Waals surface area contributed by atoms with Crippen molar-refractivity contribution in [2.24, 2.45) is 0 Å². The quantitative estimate of drug-likeness (QED) is 0.768. The van der Waals surface area contributed by atoms with E-state index in [1.807, 2.05) is 0 Å². The lowest BCUT2D eigenvalue weighted by molar-refractivity contribution is -0.125. The van der Waals surface area contributed by atoms with Gasteiger partial charge in [0.25, 0.3) is 0 Å². The van der Waals surface area contributed by atoms with Gasteiger partial charge in [0.2, 0.25) is 17.6 Å². The second-order valence-corrected chi connectivity index (χ2v) is 5.79. The van der Waals surface area contributed by atoms with Gasteiger partial charge in [-0.1, -0.05) is 16.8 Å². The molecule has 0 bridgehead atoms. The van der Waals surface area contributed by atoms with E-state index in [9.17, 15) is 4.79 Å². The number of amides is 1. The number of carbonyl (C=O) groups is 1. The first-order chi connectivity index (χ1) is 11.5. The molecule has 8 heteroatoms. The number of aromatic nitrogens is 4. The molecule has 1 N–H and O–H groups in total. The van der Waals surface area contributed by atoms with E-state index < -0.39 is 12.1 Å². The molecule has 0 saturated heterocycles. The predicted molar refractivity (Wildman–Crippen MR) is 88.2 cm³/mol. The van der Waals surface area contributed by atoms with Crippen LogP contribution in [-0.4, -0.2) is 25.8 Å². The van der Waals surface area contributed by atoms with Crippen LogP contribution in [0.15, 0.2) is 47.2 Å². The van der Waals surface area contributed by atoms with Crippen LogP contribution in [-0.2, 0) is 4.79 Å². The summed E-state index contributed by atoms with van der Waals surface area (Å²) in [4.78, 5) is 16.6. The molecule has 0 spiro atoms. The summed E-state index contributed by atoms with van der Waals surface area (Å²) in [5.74, 6) is 0.598. The number of benzene rings is 1. The number of nitrogens with one attached hydrogen (secondary N) is 1. The molecule has 1 aromatic carbocycles. The molecule has 2 unspecified atom stereocenters. The van der Waals surface area contributed by atoms with E-state index >= 15 is 0 Å². The number of nitrogens with zero attached hydrogens (tertiary/aromatic N) is 4. The molecule has 0 saturated carbocycles. The maximum absolute atomic E-state index is 12.3. The molecule has 3 aromatic rings. The standard InChI is InChI=1S/C16H16ClN5O2/c1-10(19-15(23)11(2)22-9-3-8-18-22)16-20-14(21-24-16)12-4-6-13(17)7-5-12/h3-11H,1-2H3,(H,19,23). The zero-order chi connectivity index (χ0) is 17.1. The highest BCUT2D eigenvalue weighted by Crippen LogP contribution is 2.21. The summed E-state index contributed by atoms with van der Waals surface area (Å²) >= 11 is 5.87. The highest BCUT2D eigenvalue weighted by molar-refractivity contribution is 6.30. The van der Waals surface area contributed by atoms with Gasteiger partial charge in [0.1, 0.15) is 12.1 Å². The molecule has 0 fully saturated rings. The monoisotopic (exact) mass is 345 g/mol. The topological polar surface area (TPSA) is 85.8 Å². The van der Waals surface area contributed by atoms with Crippen molar-refractivity contribution in [2.45, 2.75) is 25.9 Å². The lowest BCUT2D eigenvalue weighted by Crippen LogP contribution is -2.33. The van der Waals surface area contributed by atoms with E-state index in [0.29, 0.717) is 16.7 Å². The highest BCUT2D eigenvalue weighted by atomic mass is 35.5. The summed E-state index contributed by atoms with van der Waals surface area (Å²) in [7, 11) is 0. The molecule has 2 heterocycles. The van der Waals surface area contributed by atoms with Crippen LogP contribution >= 0.6 is 11.6 Å². The van der Waals surface area contributed by atoms with E-state index in [-0.39, 0.29) is 5.91 Å². The molecule has 0 aliphatic heterocycles. The number of carbonyl (C=O) groups excluding carboxylic acids is 1. The normalized spacial score (nSPS) is 13.5. The van der Waals surface area contributed by atoms with Crippen LogP contribution in [0, 0.1) is 0 Å². The Bertz CT molecular complexity index is 813. The van der Waals surface area contributed by atoms with E-state index in [4.69, 9.17) is 16.1 Å². The fourth-order valence-electron chi connectivity index (χ4n) is 2.15. The Labute approximate surface area is 143 Å². The Kier molecular flexibility index (Phi) is 4.61. The summed E-state index contributed by atoms with van der Waals surface area (Å²) in [6.07, 6.45) is 3.36. The van der Waals surface area contributed by atoms with Gasteiger partial charge in [0.05, 0.1) is 0 Å². The molecule has 7 nitrogen and oxygen atoms in total. The lowest BCUT2D eigenvalue weighted by Gasteiger charge is -2.15. The van der Waals surface area contributed by atoms with Crippen molar-refractivity contribution in [1.29, 1.82) is 0 Å². The van der Waals surface area contributed by atoms with Crippen LogP contribution in [0.1, 0.15) is 31.8 Å². The van der Waals surface area contributed by atoms with E-state index in [2.05, 4.69) is 20.6 Å². The first kappa shape index (κ1) is 16.2. The van der Waals surface area contributed by atoms with Gasteiger partial charge in [-0.05, 0) is 44.2 Å². The minimum Gasteiger partial charge on any atom is -0.343 e. The number of rotatable bonds is 5. The van der Waals surface area contributed by atoms with Gasteiger partial charge in [-0.25, -0.2) is 0 Å². The minimum atomic E-state index is -0.430. The third-order valence-electron chi connectivity index (χ3n) is 3.57. The number of hydrogen-bond acceptors (Lipinski definition) is 5. The predicted octanol–water partition coefficient (Wildman–Crippen LogP) is 3.02. The molecule has 0 radical (unpaired) electrons. The zero-order valence-electron chi connectivity index (χ0n) is 13.2. The lowest BCUT2D eigenvalue weighted by atomic mass is 10.2. The third kappa shape index (κ3) is 3.46. The molecule has 3 rings (SSSR count). The largest absolute Gasteiger partial charge is 0.343 e. The Balaban J connectivity index is 1.68. The Morgan fingerprint density at radius 2 is 2.04 bits per heavy atom. The van der Waals surface area contributed by atoms with Crippen LogP contribution in [0.5, 0.6) is 0 Å². The van der Waals surface area contributed by atoms with Gasteiger partial charge in [-0.2, -0.15) is 10.1 Å². The summed E-state index contributed by atoms with van der Waals surface area (Å²) in [5.41, 5.74) is 0.790. The van der Waals surface area contributed by atoms with Crippen LogP contribution < -0.4 is 5.32 Å². The SMILES string of the molecule is CC(NC(=O)C(C)n1cccn1)c1nc(-c2ccc(Cl)cc2)no1. The number of hydrogen-bond donors (Lipinski definition) is 1. The molecule has 24 heavy (non-hydrogen) atoms. The van der Waals surface area contributed by atoms with Crippen LogP contribution in [0.4, 0.5) is 0 Å². The van der Waals surface area contributed by atoms with Crippen LogP contribution in [0.3, 0.4) is 0 Å². The first-order valence-corrected chi connectivity index (χ1v) is 7.81. The Morgan fingerprint density at radius 1 is 1.29 bits per heavy atom. The van der Waals surface area contributed by atoms with Crippen molar-refractivity contribution in [3.05, 3.63) is 53.6 Å². The molecular weight excluding hydrogens is 330 g/mol. The average Bonchev–Trinajstić information content (AvgIpc) is 3.26. The Morgan fingerprint density at radius 3 is 2.71 bits per heavy atom. The van der Waals surface area contributed by atoms with Crippen LogP contribution in [0.25, 0.3) is 11.4 Å². The van der Waals surface area contributed by atoms with Crippen molar-refractivity contribution >= 4 is 17.5 Å². The summed E-state index contributed by atoms with van der Waals surface area (Å²) in [5, 5.41) is 11.5. The van der Waals surface area contributed by atoms with E-state index in [1.165, 1.54) is 0 Å². The third-order valence-corrected chi connectivity index (χ3v) is 3.83. The molecule has 2 atom stereocenters.